The molecule has 0 spiro atoms. The summed E-state index contributed by atoms with van der Waals surface area (Å²) in [4.78, 5) is 21.7. The standard InChI is InChI=1S/C16H23N5O3S/c1-23-9-4-17-11-15(22)21-7-5-20(6-8-21)12-14-18-16(19-24-14)13-3-2-10-25-13/h2-3,10,17H,4-9,11-12H2,1H3. The molecule has 1 fully saturated rings. The average molecular weight is 365 g/mol. The second kappa shape index (κ2) is 9.04. The fourth-order valence-corrected chi connectivity index (χ4v) is 3.30. The SMILES string of the molecule is COCCNCC(=O)N1CCN(Cc2nc(-c3cccs3)no2)CC1. The first-order chi connectivity index (χ1) is 12.3. The molecule has 0 aliphatic carbocycles. The Hall–Kier alpha value is -1.81. The zero-order chi connectivity index (χ0) is 17.5. The van der Waals surface area contributed by atoms with Crippen LogP contribution in [0.3, 0.4) is 0 Å². The van der Waals surface area contributed by atoms with Gasteiger partial charge in [-0.3, -0.25) is 9.69 Å². The Kier molecular flexibility index (Phi) is 6.51. The van der Waals surface area contributed by atoms with Gasteiger partial charge in [0, 0.05) is 39.8 Å². The van der Waals surface area contributed by atoms with Gasteiger partial charge in [0.15, 0.2) is 0 Å². The molecule has 2 aromatic rings. The van der Waals surface area contributed by atoms with Crippen LogP contribution in [-0.4, -0.2) is 78.8 Å². The summed E-state index contributed by atoms with van der Waals surface area (Å²) < 4.78 is 10.3. The van der Waals surface area contributed by atoms with E-state index in [1.807, 2.05) is 22.4 Å². The second-order valence-electron chi connectivity index (χ2n) is 5.82. The highest BCUT2D eigenvalue weighted by Gasteiger charge is 2.22. The molecule has 0 radical (unpaired) electrons. The lowest BCUT2D eigenvalue weighted by molar-refractivity contribution is -0.132. The van der Waals surface area contributed by atoms with E-state index in [0.717, 1.165) is 31.1 Å². The predicted octanol–water partition coefficient (Wildman–Crippen LogP) is 0.678. The van der Waals surface area contributed by atoms with E-state index >= 15 is 0 Å². The number of carbonyl (C=O) groups excluding carboxylic acids is 1. The summed E-state index contributed by atoms with van der Waals surface area (Å²) in [6.07, 6.45) is 0. The van der Waals surface area contributed by atoms with Crippen LogP contribution in [0, 0.1) is 0 Å². The van der Waals surface area contributed by atoms with Crippen LogP contribution in [0.15, 0.2) is 22.0 Å². The first kappa shape index (κ1) is 18.0. The summed E-state index contributed by atoms with van der Waals surface area (Å²) >= 11 is 1.59. The van der Waals surface area contributed by atoms with E-state index in [2.05, 4.69) is 20.4 Å². The zero-order valence-electron chi connectivity index (χ0n) is 14.3. The van der Waals surface area contributed by atoms with Crippen molar-refractivity contribution in [2.75, 3.05) is 53.0 Å². The minimum absolute atomic E-state index is 0.133. The molecule has 0 bridgehead atoms. The van der Waals surface area contributed by atoms with Crippen LogP contribution in [0.2, 0.25) is 0 Å². The third kappa shape index (κ3) is 5.08. The van der Waals surface area contributed by atoms with Gasteiger partial charge in [0.05, 0.1) is 24.6 Å². The summed E-state index contributed by atoms with van der Waals surface area (Å²) in [6, 6.07) is 3.95. The smallest absolute Gasteiger partial charge is 0.241 e. The number of hydrogen-bond donors (Lipinski definition) is 1. The van der Waals surface area contributed by atoms with E-state index in [9.17, 15) is 4.79 Å². The van der Waals surface area contributed by atoms with Crippen molar-refractivity contribution in [2.24, 2.45) is 0 Å². The van der Waals surface area contributed by atoms with Gasteiger partial charge in [-0.2, -0.15) is 4.98 Å². The molecule has 0 unspecified atom stereocenters. The number of aromatic nitrogens is 2. The number of methoxy groups -OCH3 is 1. The van der Waals surface area contributed by atoms with Crippen molar-refractivity contribution in [1.82, 2.24) is 25.3 Å². The van der Waals surface area contributed by atoms with Gasteiger partial charge in [-0.1, -0.05) is 11.2 Å². The lowest BCUT2D eigenvalue weighted by atomic mass is 10.3. The molecule has 1 saturated heterocycles. The van der Waals surface area contributed by atoms with Crippen molar-refractivity contribution in [3.63, 3.8) is 0 Å². The minimum atomic E-state index is 0.133. The highest BCUT2D eigenvalue weighted by atomic mass is 32.1. The Bertz CT molecular complexity index is 653. The van der Waals surface area contributed by atoms with Crippen LogP contribution in [0.5, 0.6) is 0 Å². The van der Waals surface area contributed by atoms with Crippen molar-refractivity contribution in [3.8, 4) is 10.7 Å². The molecular weight excluding hydrogens is 342 g/mol. The van der Waals surface area contributed by atoms with Gasteiger partial charge in [-0.05, 0) is 11.4 Å². The van der Waals surface area contributed by atoms with Crippen molar-refractivity contribution in [1.29, 1.82) is 0 Å². The highest BCUT2D eigenvalue weighted by molar-refractivity contribution is 7.13. The van der Waals surface area contributed by atoms with E-state index in [1.54, 1.807) is 18.4 Å². The molecule has 3 rings (SSSR count). The zero-order valence-corrected chi connectivity index (χ0v) is 15.1. The topological polar surface area (TPSA) is 83.7 Å². The molecule has 1 N–H and O–H groups in total. The number of thiophene rings is 1. The molecule has 25 heavy (non-hydrogen) atoms. The molecule has 136 valence electrons. The van der Waals surface area contributed by atoms with E-state index in [4.69, 9.17) is 9.26 Å². The maximum absolute atomic E-state index is 12.1. The molecule has 1 amide bonds. The molecule has 8 nitrogen and oxygen atoms in total. The normalized spacial score (nSPS) is 15.6. The number of nitrogens with zero attached hydrogens (tertiary/aromatic N) is 4. The van der Waals surface area contributed by atoms with Gasteiger partial charge < -0.3 is 19.5 Å². The van der Waals surface area contributed by atoms with Crippen molar-refractivity contribution in [3.05, 3.63) is 23.4 Å². The number of ether oxygens (including phenoxy) is 1. The summed E-state index contributed by atoms with van der Waals surface area (Å²) in [5.74, 6) is 1.39. The van der Waals surface area contributed by atoms with Gasteiger partial charge in [0.25, 0.3) is 0 Å². The predicted molar refractivity (Wildman–Crippen MR) is 94.2 cm³/mol. The maximum atomic E-state index is 12.1. The largest absolute Gasteiger partial charge is 0.383 e. The highest BCUT2D eigenvalue weighted by Crippen LogP contribution is 2.21. The molecule has 9 heteroatoms. The van der Waals surface area contributed by atoms with E-state index in [1.165, 1.54) is 0 Å². The molecule has 1 aliphatic heterocycles. The third-order valence-corrected chi connectivity index (χ3v) is 4.92. The molecule has 1 aliphatic rings. The molecular formula is C16H23N5O3S. The molecule has 0 aromatic carbocycles. The van der Waals surface area contributed by atoms with Crippen molar-refractivity contribution >= 4 is 17.2 Å². The first-order valence-electron chi connectivity index (χ1n) is 8.32. The van der Waals surface area contributed by atoms with E-state index in [-0.39, 0.29) is 5.91 Å². The van der Waals surface area contributed by atoms with E-state index < -0.39 is 0 Å². The molecule has 2 aromatic heterocycles. The summed E-state index contributed by atoms with van der Waals surface area (Å²) in [6.45, 7) is 5.32. The van der Waals surface area contributed by atoms with Gasteiger partial charge >= 0.3 is 0 Å². The Labute approximate surface area is 150 Å². The average Bonchev–Trinajstić information content (AvgIpc) is 3.30. The van der Waals surface area contributed by atoms with Gasteiger partial charge in [-0.25, -0.2) is 0 Å². The lowest BCUT2D eigenvalue weighted by Gasteiger charge is -2.34. The number of rotatable bonds is 8. The number of nitrogens with one attached hydrogen (secondary N) is 1. The minimum Gasteiger partial charge on any atom is -0.383 e. The van der Waals surface area contributed by atoms with Gasteiger partial charge in [0.2, 0.25) is 17.6 Å². The monoisotopic (exact) mass is 365 g/mol. The van der Waals surface area contributed by atoms with Crippen LogP contribution in [0.1, 0.15) is 5.89 Å². The van der Waals surface area contributed by atoms with Crippen LogP contribution in [0.25, 0.3) is 10.7 Å². The summed E-state index contributed by atoms with van der Waals surface area (Å²) in [5, 5.41) is 9.11. The fraction of sp³-hybridized carbons (Fsp3) is 0.562. The van der Waals surface area contributed by atoms with Crippen LogP contribution >= 0.6 is 11.3 Å². The van der Waals surface area contributed by atoms with Crippen LogP contribution in [0.4, 0.5) is 0 Å². The summed E-state index contributed by atoms with van der Waals surface area (Å²) in [7, 11) is 1.65. The third-order valence-electron chi connectivity index (χ3n) is 4.05. The van der Waals surface area contributed by atoms with Crippen LogP contribution in [-0.2, 0) is 16.1 Å². The number of piperazine rings is 1. The van der Waals surface area contributed by atoms with E-state index in [0.29, 0.717) is 38.0 Å². The van der Waals surface area contributed by atoms with Gasteiger partial charge in [-0.15, -0.1) is 11.3 Å². The summed E-state index contributed by atoms with van der Waals surface area (Å²) in [5.41, 5.74) is 0. The van der Waals surface area contributed by atoms with Crippen molar-refractivity contribution in [2.45, 2.75) is 6.54 Å². The molecule has 3 heterocycles. The Morgan fingerprint density at radius 3 is 2.96 bits per heavy atom. The Morgan fingerprint density at radius 2 is 2.24 bits per heavy atom. The van der Waals surface area contributed by atoms with Crippen LogP contribution < -0.4 is 5.32 Å². The number of amides is 1. The maximum Gasteiger partial charge on any atom is 0.241 e. The van der Waals surface area contributed by atoms with Gasteiger partial charge in [0.1, 0.15) is 0 Å². The lowest BCUT2D eigenvalue weighted by Crippen LogP contribution is -2.50. The Balaban J connectivity index is 1.41. The Morgan fingerprint density at radius 1 is 1.40 bits per heavy atom. The fourth-order valence-electron chi connectivity index (χ4n) is 2.65. The quantitative estimate of drug-likeness (QED) is 0.689. The molecule has 0 saturated carbocycles. The molecule has 0 atom stereocenters. The number of carbonyl (C=O) groups is 1. The number of hydrogen-bond acceptors (Lipinski definition) is 8. The first-order valence-corrected chi connectivity index (χ1v) is 9.20. The van der Waals surface area contributed by atoms with Crippen molar-refractivity contribution < 1.29 is 14.1 Å². The second-order valence-corrected chi connectivity index (χ2v) is 6.76.